The molecule has 3 N–H and O–H groups in total. The Morgan fingerprint density at radius 2 is 2.06 bits per heavy atom. The lowest BCUT2D eigenvalue weighted by Crippen LogP contribution is -2.36. The molecule has 1 aromatic carbocycles. The number of hydrogen-bond acceptors (Lipinski definition) is 3. The molecule has 0 radical (unpaired) electrons. The summed E-state index contributed by atoms with van der Waals surface area (Å²) in [5.41, 5.74) is 1.07. The summed E-state index contributed by atoms with van der Waals surface area (Å²) in [4.78, 5) is 0. The Morgan fingerprint density at radius 1 is 1.38 bits per heavy atom. The first kappa shape index (κ1) is 13.5. The van der Waals surface area contributed by atoms with Crippen molar-refractivity contribution in [2.75, 3.05) is 6.61 Å². The zero-order valence-electron chi connectivity index (χ0n) is 9.57. The molecule has 0 aliphatic heterocycles. The average molecular weight is 288 g/mol. The number of aliphatic hydroxyl groups excluding tert-OH is 1. The molecule has 90 valence electrons. The minimum atomic E-state index is 0.104. The van der Waals surface area contributed by atoms with Gasteiger partial charge in [0.2, 0.25) is 0 Å². The normalized spacial score (nSPS) is 13.1. The standard InChI is InChI=1S/C12H18BrNO2/c1-8(2)11(7-15)14-6-9-3-4-12(16)10(13)5-9/h3-5,8,11,14-16H,6-7H2,1-2H3/t11-/m1/s1. The number of aromatic hydroxyl groups is 1. The summed E-state index contributed by atoms with van der Waals surface area (Å²) in [6.07, 6.45) is 0. The highest BCUT2D eigenvalue weighted by atomic mass is 79.9. The zero-order valence-corrected chi connectivity index (χ0v) is 11.2. The molecule has 1 rings (SSSR count). The Hall–Kier alpha value is -0.580. The van der Waals surface area contributed by atoms with E-state index in [1.54, 1.807) is 6.07 Å². The van der Waals surface area contributed by atoms with Gasteiger partial charge in [0.1, 0.15) is 5.75 Å². The third-order valence-corrected chi connectivity index (χ3v) is 3.22. The minimum Gasteiger partial charge on any atom is -0.507 e. The lowest BCUT2D eigenvalue weighted by molar-refractivity contribution is 0.210. The van der Waals surface area contributed by atoms with Crippen LogP contribution in [-0.4, -0.2) is 22.9 Å². The Labute approximate surface area is 105 Å². The van der Waals surface area contributed by atoms with Crippen LogP contribution in [0.3, 0.4) is 0 Å². The Balaban J connectivity index is 2.57. The Kier molecular flexibility index (Phi) is 5.25. The number of rotatable bonds is 5. The zero-order chi connectivity index (χ0) is 12.1. The SMILES string of the molecule is CC(C)[C@@H](CO)NCc1ccc(O)c(Br)c1. The minimum absolute atomic E-state index is 0.104. The van der Waals surface area contributed by atoms with Crippen molar-refractivity contribution in [1.82, 2.24) is 5.32 Å². The Morgan fingerprint density at radius 3 is 2.56 bits per heavy atom. The molecular weight excluding hydrogens is 270 g/mol. The molecule has 0 saturated heterocycles. The van der Waals surface area contributed by atoms with E-state index in [9.17, 15) is 5.11 Å². The summed E-state index contributed by atoms with van der Waals surface area (Å²) in [5.74, 6) is 0.636. The topological polar surface area (TPSA) is 52.5 Å². The number of hydrogen-bond donors (Lipinski definition) is 3. The van der Waals surface area contributed by atoms with Gasteiger partial charge in [-0.1, -0.05) is 19.9 Å². The summed E-state index contributed by atoms with van der Waals surface area (Å²) in [6.45, 7) is 4.96. The first-order chi connectivity index (χ1) is 7.54. The van der Waals surface area contributed by atoms with Crippen molar-refractivity contribution in [3.8, 4) is 5.75 Å². The molecule has 1 aromatic rings. The van der Waals surface area contributed by atoms with Gasteiger partial charge in [0.05, 0.1) is 11.1 Å². The predicted molar refractivity (Wildman–Crippen MR) is 68.4 cm³/mol. The van der Waals surface area contributed by atoms with Crippen molar-refractivity contribution in [2.24, 2.45) is 5.92 Å². The van der Waals surface area contributed by atoms with Crippen LogP contribution < -0.4 is 5.32 Å². The second kappa shape index (κ2) is 6.23. The maximum Gasteiger partial charge on any atom is 0.129 e. The maximum absolute atomic E-state index is 9.35. The van der Waals surface area contributed by atoms with Gasteiger partial charge in [0.25, 0.3) is 0 Å². The molecule has 0 saturated carbocycles. The van der Waals surface area contributed by atoms with Gasteiger partial charge in [-0.25, -0.2) is 0 Å². The number of benzene rings is 1. The van der Waals surface area contributed by atoms with E-state index in [0.29, 0.717) is 16.9 Å². The second-order valence-corrected chi connectivity index (χ2v) is 5.05. The van der Waals surface area contributed by atoms with E-state index >= 15 is 0 Å². The van der Waals surface area contributed by atoms with Crippen molar-refractivity contribution in [2.45, 2.75) is 26.4 Å². The van der Waals surface area contributed by atoms with Crippen LogP contribution in [0, 0.1) is 5.92 Å². The molecule has 16 heavy (non-hydrogen) atoms. The molecule has 0 spiro atoms. The Bertz CT molecular complexity index is 342. The first-order valence-corrected chi connectivity index (χ1v) is 6.15. The van der Waals surface area contributed by atoms with Gasteiger partial charge in [-0.2, -0.15) is 0 Å². The summed E-state index contributed by atoms with van der Waals surface area (Å²) >= 11 is 3.27. The monoisotopic (exact) mass is 287 g/mol. The van der Waals surface area contributed by atoms with Crippen LogP contribution >= 0.6 is 15.9 Å². The third kappa shape index (κ3) is 3.77. The molecule has 0 fully saturated rings. The van der Waals surface area contributed by atoms with Crippen LogP contribution in [0.4, 0.5) is 0 Å². The molecule has 3 nitrogen and oxygen atoms in total. The van der Waals surface area contributed by atoms with E-state index in [-0.39, 0.29) is 18.4 Å². The number of phenols is 1. The van der Waals surface area contributed by atoms with Crippen LogP contribution in [0.15, 0.2) is 22.7 Å². The number of nitrogens with one attached hydrogen (secondary N) is 1. The van der Waals surface area contributed by atoms with Gasteiger partial charge >= 0.3 is 0 Å². The molecule has 1 atom stereocenters. The van der Waals surface area contributed by atoms with Gasteiger partial charge in [-0.3, -0.25) is 0 Å². The summed E-state index contributed by atoms with van der Waals surface area (Å²) in [5, 5.41) is 21.8. The van der Waals surface area contributed by atoms with Crippen molar-refractivity contribution >= 4 is 15.9 Å². The molecular formula is C12H18BrNO2. The van der Waals surface area contributed by atoms with Gasteiger partial charge in [-0.15, -0.1) is 0 Å². The van der Waals surface area contributed by atoms with Crippen molar-refractivity contribution in [3.05, 3.63) is 28.2 Å². The van der Waals surface area contributed by atoms with Crippen LogP contribution in [0.5, 0.6) is 5.75 Å². The highest BCUT2D eigenvalue weighted by Crippen LogP contribution is 2.24. The summed E-state index contributed by atoms with van der Waals surface area (Å²) in [7, 11) is 0. The van der Waals surface area contributed by atoms with Crippen LogP contribution in [-0.2, 0) is 6.54 Å². The lowest BCUT2D eigenvalue weighted by atomic mass is 10.1. The molecule has 0 unspecified atom stereocenters. The third-order valence-electron chi connectivity index (χ3n) is 2.58. The van der Waals surface area contributed by atoms with Crippen molar-refractivity contribution < 1.29 is 10.2 Å². The van der Waals surface area contributed by atoms with Crippen molar-refractivity contribution in [1.29, 1.82) is 0 Å². The van der Waals surface area contributed by atoms with Gasteiger partial charge in [0.15, 0.2) is 0 Å². The smallest absolute Gasteiger partial charge is 0.129 e. The predicted octanol–water partition coefficient (Wildman–Crippen LogP) is 2.26. The summed E-state index contributed by atoms with van der Waals surface area (Å²) < 4.78 is 0.692. The lowest BCUT2D eigenvalue weighted by Gasteiger charge is -2.20. The molecule has 0 aliphatic rings. The van der Waals surface area contributed by atoms with Crippen LogP contribution in [0.2, 0.25) is 0 Å². The highest BCUT2D eigenvalue weighted by Gasteiger charge is 2.11. The van der Waals surface area contributed by atoms with E-state index in [1.165, 1.54) is 0 Å². The van der Waals surface area contributed by atoms with E-state index in [1.807, 2.05) is 12.1 Å². The molecule has 0 heterocycles. The first-order valence-electron chi connectivity index (χ1n) is 5.36. The average Bonchev–Trinajstić information content (AvgIpc) is 2.23. The van der Waals surface area contributed by atoms with E-state index in [2.05, 4.69) is 35.1 Å². The maximum atomic E-state index is 9.35. The molecule has 0 aromatic heterocycles. The van der Waals surface area contributed by atoms with E-state index < -0.39 is 0 Å². The fourth-order valence-electron chi connectivity index (χ4n) is 1.42. The largest absolute Gasteiger partial charge is 0.507 e. The number of halogens is 1. The van der Waals surface area contributed by atoms with Crippen LogP contribution in [0.1, 0.15) is 19.4 Å². The fourth-order valence-corrected chi connectivity index (χ4v) is 1.85. The molecule has 0 amide bonds. The van der Waals surface area contributed by atoms with Gasteiger partial charge < -0.3 is 15.5 Å². The number of phenolic OH excluding ortho intramolecular Hbond substituents is 1. The molecule has 0 aliphatic carbocycles. The second-order valence-electron chi connectivity index (χ2n) is 4.20. The van der Waals surface area contributed by atoms with Crippen LogP contribution in [0.25, 0.3) is 0 Å². The van der Waals surface area contributed by atoms with E-state index in [4.69, 9.17) is 5.11 Å². The summed E-state index contributed by atoms with van der Waals surface area (Å²) in [6, 6.07) is 5.50. The fraction of sp³-hybridized carbons (Fsp3) is 0.500. The van der Waals surface area contributed by atoms with E-state index in [0.717, 1.165) is 5.56 Å². The molecule has 4 heteroatoms. The van der Waals surface area contributed by atoms with Gasteiger partial charge in [-0.05, 0) is 39.5 Å². The van der Waals surface area contributed by atoms with Gasteiger partial charge in [0, 0.05) is 12.6 Å². The quantitative estimate of drug-likeness (QED) is 0.779. The van der Waals surface area contributed by atoms with Crippen molar-refractivity contribution in [3.63, 3.8) is 0 Å². The highest BCUT2D eigenvalue weighted by molar-refractivity contribution is 9.10. The molecule has 0 bridgehead atoms. The number of aliphatic hydroxyl groups is 1.